The molecule has 1 atom stereocenters. The van der Waals surface area contributed by atoms with Gasteiger partial charge in [0, 0.05) is 5.69 Å². The lowest BCUT2D eigenvalue weighted by Gasteiger charge is -2.18. The number of thiophene rings is 1. The first kappa shape index (κ1) is 22.5. The van der Waals surface area contributed by atoms with Gasteiger partial charge in [-0.2, -0.15) is 4.72 Å². The summed E-state index contributed by atoms with van der Waals surface area (Å²) in [6.45, 7) is 2.44. The number of ether oxygens (including phenoxy) is 1. The molecule has 0 aliphatic heterocycles. The molecule has 6 nitrogen and oxygen atoms in total. The van der Waals surface area contributed by atoms with E-state index in [2.05, 4.69) is 26.0 Å². The zero-order chi connectivity index (χ0) is 21.6. The van der Waals surface area contributed by atoms with E-state index >= 15 is 0 Å². The number of carbonyl (C=O) groups excluding carboxylic acids is 1. The Balaban J connectivity index is 1.80. The van der Waals surface area contributed by atoms with Gasteiger partial charge in [0.05, 0.1) is 10.4 Å². The second-order valence-electron chi connectivity index (χ2n) is 6.37. The fourth-order valence-electron chi connectivity index (χ4n) is 2.76. The van der Waals surface area contributed by atoms with Gasteiger partial charge in [0.25, 0.3) is 10.0 Å². The molecule has 1 heterocycles. The van der Waals surface area contributed by atoms with E-state index in [1.807, 2.05) is 37.3 Å². The molecule has 0 aliphatic rings. The second kappa shape index (κ2) is 10.2. The first-order valence-corrected chi connectivity index (χ1v) is 12.3. The topological polar surface area (TPSA) is 84.5 Å². The Bertz CT molecular complexity index is 1080. The van der Waals surface area contributed by atoms with E-state index in [1.54, 1.807) is 30.3 Å². The minimum atomic E-state index is -3.85. The number of hydrogen-bond donors (Lipinski definition) is 2. The van der Waals surface area contributed by atoms with Crippen LogP contribution in [0, 0.1) is 0 Å². The second-order valence-corrected chi connectivity index (χ2v) is 10.8. The maximum atomic E-state index is 13.0. The average molecular weight is 509 g/mol. The Kier molecular flexibility index (Phi) is 7.65. The van der Waals surface area contributed by atoms with E-state index in [9.17, 15) is 13.2 Å². The summed E-state index contributed by atoms with van der Waals surface area (Å²) in [6.07, 6.45) is 0.218. The van der Waals surface area contributed by atoms with Crippen molar-refractivity contribution in [2.45, 2.75) is 23.6 Å². The molecule has 0 fully saturated rings. The lowest BCUT2D eigenvalue weighted by atomic mass is 10.1. The molecule has 3 aromatic rings. The van der Waals surface area contributed by atoms with Gasteiger partial charge in [-0.15, -0.1) is 11.3 Å². The quantitative estimate of drug-likeness (QED) is 0.447. The molecule has 2 aromatic carbocycles. The molecule has 0 unspecified atom stereocenters. The SMILES string of the molecule is CCOc1ccc(NC(=O)[C@@H](Cc2ccccc2)NS(=O)(=O)c2ccc(Br)s2)cc1. The van der Waals surface area contributed by atoms with Crippen molar-refractivity contribution in [2.24, 2.45) is 0 Å². The van der Waals surface area contributed by atoms with Crippen LogP contribution in [0.1, 0.15) is 12.5 Å². The third kappa shape index (κ3) is 6.15. The molecule has 0 saturated carbocycles. The maximum absolute atomic E-state index is 13.0. The fraction of sp³-hybridized carbons (Fsp3) is 0.190. The number of rotatable bonds is 9. The van der Waals surface area contributed by atoms with Gasteiger partial charge >= 0.3 is 0 Å². The Morgan fingerprint density at radius 2 is 1.77 bits per heavy atom. The van der Waals surface area contributed by atoms with E-state index in [-0.39, 0.29) is 10.6 Å². The van der Waals surface area contributed by atoms with E-state index in [1.165, 1.54) is 6.07 Å². The summed E-state index contributed by atoms with van der Waals surface area (Å²) in [5.74, 6) is 0.252. The van der Waals surface area contributed by atoms with E-state index < -0.39 is 22.0 Å². The zero-order valence-corrected chi connectivity index (χ0v) is 19.4. The molecule has 9 heteroatoms. The summed E-state index contributed by atoms with van der Waals surface area (Å²) in [5.41, 5.74) is 1.40. The van der Waals surface area contributed by atoms with Crippen molar-refractivity contribution in [2.75, 3.05) is 11.9 Å². The Hall–Kier alpha value is -2.20. The Morgan fingerprint density at radius 3 is 2.37 bits per heavy atom. The highest BCUT2D eigenvalue weighted by molar-refractivity contribution is 9.11. The monoisotopic (exact) mass is 508 g/mol. The van der Waals surface area contributed by atoms with Crippen LogP contribution in [0.5, 0.6) is 5.75 Å². The van der Waals surface area contributed by atoms with E-state index in [4.69, 9.17) is 4.74 Å². The van der Waals surface area contributed by atoms with Crippen LogP contribution >= 0.6 is 27.3 Å². The van der Waals surface area contributed by atoms with Gasteiger partial charge in [-0.1, -0.05) is 30.3 Å². The first-order chi connectivity index (χ1) is 14.4. The Morgan fingerprint density at radius 1 is 1.07 bits per heavy atom. The van der Waals surface area contributed by atoms with Crippen LogP contribution in [0.2, 0.25) is 0 Å². The molecule has 158 valence electrons. The predicted molar refractivity (Wildman–Crippen MR) is 123 cm³/mol. The highest BCUT2D eigenvalue weighted by Gasteiger charge is 2.27. The summed E-state index contributed by atoms with van der Waals surface area (Å²) in [7, 11) is -3.85. The standard InChI is InChI=1S/C21H21BrN2O4S2/c1-2-28-17-10-8-16(9-11-17)23-21(25)18(14-15-6-4-3-5-7-15)24-30(26,27)20-13-12-19(22)29-20/h3-13,18,24H,2,14H2,1H3,(H,23,25)/t18-/m1/s1. The van der Waals surface area contributed by atoms with Crippen molar-refractivity contribution in [3.63, 3.8) is 0 Å². The molecule has 1 aromatic heterocycles. The normalized spacial score (nSPS) is 12.3. The molecule has 0 bridgehead atoms. The zero-order valence-electron chi connectivity index (χ0n) is 16.2. The molecule has 0 saturated heterocycles. The molecular weight excluding hydrogens is 488 g/mol. The number of hydrogen-bond acceptors (Lipinski definition) is 5. The van der Waals surface area contributed by atoms with Crippen molar-refractivity contribution in [1.29, 1.82) is 0 Å². The number of carbonyl (C=O) groups is 1. The van der Waals surface area contributed by atoms with Crippen molar-refractivity contribution < 1.29 is 17.9 Å². The molecular formula is C21H21BrN2O4S2. The number of benzene rings is 2. The largest absolute Gasteiger partial charge is 0.494 e. The molecule has 0 spiro atoms. The molecule has 0 radical (unpaired) electrons. The van der Waals surface area contributed by atoms with Crippen LogP contribution < -0.4 is 14.8 Å². The van der Waals surface area contributed by atoms with Crippen LogP contribution in [0.15, 0.2) is 74.7 Å². The summed E-state index contributed by atoms with van der Waals surface area (Å²) < 4.78 is 34.4. The van der Waals surface area contributed by atoms with Gasteiger partial charge in [0.1, 0.15) is 16.0 Å². The Labute approximate surface area is 188 Å². The number of amides is 1. The van der Waals surface area contributed by atoms with Gasteiger partial charge in [0.2, 0.25) is 5.91 Å². The van der Waals surface area contributed by atoms with Gasteiger partial charge in [-0.25, -0.2) is 8.42 Å². The van der Waals surface area contributed by atoms with Crippen molar-refractivity contribution >= 4 is 48.9 Å². The number of sulfonamides is 1. The third-order valence-corrected chi connectivity index (χ3v) is 7.73. The van der Waals surface area contributed by atoms with Crippen LogP contribution in [0.3, 0.4) is 0 Å². The lowest BCUT2D eigenvalue weighted by Crippen LogP contribution is -2.45. The van der Waals surface area contributed by atoms with Gasteiger partial charge in [0.15, 0.2) is 0 Å². The van der Waals surface area contributed by atoms with Crippen LogP contribution in [-0.4, -0.2) is 27.0 Å². The van der Waals surface area contributed by atoms with Crippen LogP contribution in [-0.2, 0) is 21.2 Å². The van der Waals surface area contributed by atoms with Gasteiger partial charge in [-0.05, 0) is 71.2 Å². The molecule has 3 rings (SSSR count). The minimum absolute atomic E-state index is 0.140. The molecule has 30 heavy (non-hydrogen) atoms. The van der Waals surface area contributed by atoms with Crippen molar-refractivity contribution in [3.05, 3.63) is 76.1 Å². The molecule has 1 amide bonds. The van der Waals surface area contributed by atoms with Crippen molar-refractivity contribution in [3.8, 4) is 5.75 Å². The van der Waals surface area contributed by atoms with Crippen LogP contribution in [0.25, 0.3) is 0 Å². The highest BCUT2D eigenvalue weighted by atomic mass is 79.9. The molecule has 2 N–H and O–H groups in total. The summed E-state index contributed by atoms with van der Waals surface area (Å²) in [4.78, 5) is 13.0. The summed E-state index contributed by atoms with van der Waals surface area (Å²) in [6, 6.07) is 18.4. The lowest BCUT2D eigenvalue weighted by molar-refractivity contribution is -0.117. The maximum Gasteiger partial charge on any atom is 0.250 e. The van der Waals surface area contributed by atoms with E-state index in [0.717, 1.165) is 16.9 Å². The minimum Gasteiger partial charge on any atom is -0.494 e. The van der Waals surface area contributed by atoms with Gasteiger partial charge < -0.3 is 10.1 Å². The third-order valence-electron chi connectivity index (χ3n) is 4.14. The predicted octanol–water partition coefficient (Wildman–Crippen LogP) is 4.44. The number of anilines is 1. The number of halogens is 1. The highest BCUT2D eigenvalue weighted by Crippen LogP contribution is 2.26. The molecule has 0 aliphatic carbocycles. The van der Waals surface area contributed by atoms with E-state index in [0.29, 0.717) is 21.8 Å². The fourth-order valence-corrected chi connectivity index (χ4v) is 5.98. The summed E-state index contributed by atoms with van der Waals surface area (Å²) in [5, 5.41) is 2.78. The first-order valence-electron chi connectivity index (χ1n) is 9.22. The van der Waals surface area contributed by atoms with Gasteiger partial charge in [-0.3, -0.25) is 4.79 Å². The number of nitrogens with one attached hydrogen (secondary N) is 2. The van der Waals surface area contributed by atoms with Crippen LogP contribution in [0.4, 0.5) is 5.69 Å². The smallest absolute Gasteiger partial charge is 0.250 e. The van der Waals surface area contributed by atoms with Crippen molar-refractivity contribution in [1.82, 2.24) is 4.72 Å². The summed E-state index contributed by atoms with van der Waals surface area (Å²) >= 11 is 4.36. The average Bonchev–Trinajstić information content (AvgIpc) is 3.17.